The fourth-order valence-corrected chi connectivity index (χ4v) is 2.08. The van der Waals surface area contributed by atoms with E-state index < -0.39 is 0 Å². The highest BCUT2D eigenvalue weighted by Gasteiger charge is 2.05. The Morgan fingerprint density at radius 3 is 2.71 bits per heavy atom. The molecule has 0 fully saturated rings. The van der Waals surface area contributed by atoms with Gasteiger partial charge in [0.25, 0.3) is 0 Å². The summed E-state index contributed by atoms with van der Waals surface area (Å²) in [6.45, 7) is 0. The summed E-state index contributed by atoms with van der Waals surface area (Å²) in [6.07, 6.45) is 0. The van der Waals surface area contributed by atoms with E-state index in [2.05, 4.69) is 39.9 Å². The molecule has 0 saturated heterocycles. The minimum Gasteiger partial charge on any atom is -0.456 e. The van der Waals surface area contributed by atoms with Crippen LogP contribution in [0.3, 0.4) is 0 Å². The Morgan fingerprint density at radius 1 is 1.00 bits per heavy atom. The van der Waals surface area contributed by atoms with Gasteiger partial charge >= 0.3 is 0 Å². The van der Waals surface area contributed by atoms with Crippen LogP contribution in [0.4, 0.5) is 0 Å². The zero-order chi connectivity index (χ0) is 11.7. The van der Waals surface area contributed by atoms with E-state index in [-0.39, 0.29) is 0 Å². The largest absolute Gasteiger partial charge is 0.456 e. The molecule has 0 radical (unpaired) electrons. The van der Waals surface area contributed by atoms with Gasteiger partial charge in [0, 0.05) is 16.3 Å². The first-order valence-electron chi connectivity index (χ1n) is 5.34. The van der Waals surface area contributed by atoms with Crippen LogP contribution in [0.5, 0.6) is 0 Å². The van der Waals surface area contributed by atoms with Gasteiger partial charge in [-0.25, -0.2) is 0 Å². The Bertz CT molecular complexity index is 744. The number of furan rings is 1. The number of halogens is 1. The first kappa shape index (κ1) is 10.4. The van der Waals surface area contributed by atoms with Crippen LogP contribution < -0.4 is 0 Å². The molecule has 82 valence electrons. The number of alkyl halides is 1. The Labute approximate surface area is 108 Å². The number of benzene rings is 2. The van der Waals surface area contributed by atoms with Crippen LogP contribution in [-0.4, -0.2) is 5.33 Å². The molecule has 0 aliphatic carbocycles. The number of fused-ring (bicyclic) bond motifs is 3. The van der Waals surface area contributed by atoms with Crippen molar-refractivity contribution in [1.82, 2.24) is 0 Å². The van der Waals surface area contributed by atoms with Crippen LogP contribution in [0.2, 0.25) is 0 Å². The molecular formula is C15H9BrO. The summed E-state index contributed by atoms with van der Waals surface area (Å²) < 4.78 is 5.75. The fraction of sp³-hybridized carbons (Fsp3) is 0.0667. The van der Waals surface area contributed by atoms with E-state index in [0.29, 0.717) is 5.33 Å². The highest BCUT2D eigenvalue weighted by Crippen LogP contribution is 2.28. The van der Waals surface area contributed by atoms with Gasteiger partial charge in [-0.3, -0.25) is 0 Å². The second kappa shape index (κ2) is 4.27. The van der Waals surface area contributed by atoms with E-state index in [0.717, 1.165) is 27.5 Å². The molecule has 2 heteroatoms. The van der Waals surface area contributed by atoms with Gasteiger partial charge in [-0.2, -0.15) is 0 Å². The Hall–Kier alpha value is -1.72. The number of hydrogen-bond acceptors (Lipinski definition) is 1. The van der Waals surface area contributed by atoms with Crippen LogP contribution >= 0.6 is 15.9 Å². The summed E-state index contributed by atoms with van der Waals surface area (Å²) in [5, 5.41) is 2.96. The van der Waals surface area contributed by atoms with Gasteiger partial charge in [-0.1, -0.05) is 46.0 Å². The zero-order valence-corrected chi connectivity index (χ0v) is 10.6. The molecule has 1 aromatic heterocycles. The lowest BCUT2D eigenvalue weighted by Gasteiger charge is -1.91. The minimum absolute atomic E-state index is 0.692. The van der Waals surface area contributed by atoms with Gasteiger partial charge in [0.15, 0.2) is 0 Å². The molecule has 3 rings (SSSR count). The Kier molecular flexibility index (Phi) is 2.62. The molecule has 3 aromatic rings. The average Bonchev–Trinajstić information content (AvgIpc) is 2.74. The van der Waals surface area contributed by atoms with Gasteiger partial charge in [0.05, 0.1) is 5.33 Å². The molecule has 1 heterocycles. The second-order valence-corrected chi connectivity index (χ2v) is 4.31. The lowest BCUT2D eigenvalue weighted by atomic mass is 10.1. The van der Waals surface area contributed by atoms with Crippen LogP contribution in [0, 0.1) is 11.8 Å². The van der Waals surface area contributed by atoms with Crippen LogP contribution in [-0.2, 0) is 0 Å². The van der Waals surface area contributed by atoms with E-state index in [1.165, 1.54) is 0 Å². The quantitative estimate of drug-likeness (QED) is 0.442. The number of hydrogen-bond donors (Lipinski definition) is 0. The van der Waals surface area contributed by atoms with E-state index in [1.807, 2.05) is 30.3 Å². The smallest absolute Gasteiger partial charge is 0.135 e. The van der Waals surface area contributed by atoms with E-state index in [1.54, 1.807) is 0 Å². The molecule has 0 atom stereocenters. The molecule has 0 unspecified atom stereocenters. The Morgan fingerprint density at radius 2 is 1.82 bits per heavy atom. The van der Waals surface area contributed by atoms with Crippen molar-refractivity contribution >= 4 is 37.9 Å². The third kappa shape index (κ3) is 1.83. The Balaban J connectivity index is 2.30. The van der Waals surface area contributed by atoms with Crippen LogP contribution in [0.25, 0.3) is 21.9 Å². The summed E-state index contributed by atoms with van der Waals surface area (Å²) >= 11 is 3.30. The summed E-state index contributed by atoms with van der Waals surface area (Å²) in [6, 6.07) is 14.1. The number of rotatable bonds is 0. The highest BCUT2D eigenvalue weighted by atomic mass is 79.9. The lowest BCUT2D eigenvalue weighted by Crippen LogP contribution is -1.74. The maximum Gasteiger partial charge on any atom is 0.135 e. The first-order chi connectivity index (χ1) is 8.38. The summed E-state index contributed by atoms with van der Waals surface area (Å²) in [4.78, 5) is 0. The summed E-state index contributed by atoms with van der Waals surface area (Å²) in [7, 11) is 0. The molecule has 1 nitrogen and oxygen atoms in total. The van der Waals surface area contributed by atoms with Gasteiger partial charge in [-0.05, 0) is 24.3 Å². The average molecular weight is 285 g/mol. The monoisotopic (exact) mass is 284 g/mol. The third-order valence-corrected chi connectivity index (χ3v) is 2.96. The topological polar surface area (TPSA) is 13.1 Å². The van der Waals surface area contributed by atoms with Crippen molar-refractivity contribution in [3.8, 4) is 11.8 Å². The summed E-state index contributed by atoms with van der Waals surface area (Å²) in [5.41, 5.74) is 2.85. The van der Waals surface area contributed by atoms with Gasteiger partial charge in [0.2, 0.25) is 0 Å². The molecule has 0 aliphatic rings. The van der Waals surface area contributed by atoms with Crippen molar-refractivity contribution < 1.29 is 4.42 Å². The second-order valence-electron chi connectivity index (χ2n) is 3.74. The molecule has 0 N–H and O–H groups in total. The molecule has 0 spiro atoms. The maximum atomic E-state index is 5.75. The van der Waals surface area contributed by atoms with E-state index in [9.17, 15) is 0 Å². The highest BCUT2D eigenvalue weighted by molar-refractivity contribution is 9.09. The zero-order valence-electron chi connectivity index (χ0n) is 9.03. The van der Waals surface area contributed by atoms with Gasteiger partial charge in [-0.15, -0.1) is 0 Å². The van der Waals surface area contributed by atoms with E-state index >= 15 is 0 Å². The number of para-hydroxylation sites is 1. The summed E-state index contributed by atoms with van der Waals surface area (Å²) in [5.74, 6) is 6.11. The third-order valence-electron chi connectivity index (χ3n) is 2.68. The normalized spacial score (nSPS) is 10.4. The van der Waals surface area contributed by atoms with Crippen molar-refractivity contribution in [3.63, 3.8) is 0 Å². The lowest BCUT2D eigenvalue weighted by molar-refractivity contribution is 0.669. The SMILES string of the molecule is BrCC#Cc1ccc2oc3ccccc3c2c1. The predicted octanol–water partition coefficient (Wildman–Crippen LogP) is 4.33. The molecule has 0 amide bonds. The van der Waals surface area contributed by atoms with Crippen molar-refractivity contribution in [2.24, 2.45) is 0 Å². The van der Waals surface area contributed by atoms with Crippen molar-refractivity contribution in [3.05, 3.63) is 48.0 Å². The molecule has 0 aliphatic heterocycles. The first-order valence-corrected chi connectivity index (χ1v) is 6.47. The van der Waals surface area contributed by atoms with E-state index in [4.69, 9.17) is 4.42 Å². The molecule has 0 saturated carbocycles. The fourth-order valence-electron chi connectivity index (χ4n) is 1.94. The van der Waals surface area contributed by atoms with Crippen LogP contribution in [0.15, 0.2) is 46.9 Å². The van der Waals surface area contributed by atoms with Crippen molar-refractivity contribution in [1.29, 1.82) is 0 Å². The molecule has 17 heavy (non-hydrogen) atoms. The predicted molar refractivity (Wildman–Crippen MR) is 74.4 cm³/mol. The van der Waals surface area contributed by atoms with Gasteiger partial charge in [0.1, 0.15) is 11.2 Å². The molecule has 2 aromatic carbocycles. The van der Waals surface area contributed by atoms with Crippen molar-refractivity contribution in [2.45, 2.75) is 0 Å². The van der Waals surface area contributed by atoms with Crippen molar-refractivity contribution in [2.75, 3.05) is 5.33 Å². The molecular weight excluding hydrogens is 276 g/mol. The maximum absolute atomic E-state index is 5.75. The van der Waals surface area contributed by atoms with Gasteiger partial charge < -0.3 is 4.42 Å². The standard InChI is InChI=1S/C15H9BrO/c16-9-3-4-11-7-8-15-13(10-11)12-5-1-2-6-14(12)17-15/h1-2,5-8,10H,9H2. The minimum atomic E-state index is 0.692. The molecule has 0 bridgehead atoms. The van der Waals surface area contributed by atoms with Crippen LogP contribution in [0.1, 0.15) is 5.56 Å².